The van der Waals surface area contributed by atoms with Crippen LogP contribution in [0.2, 0.25) is 0 Å². The first-order valence-corrected chi connectivity index (χ1v) is 7.53. The van der Waals surface area contributed by atoms with E-state index in [0.717, 1.165) is 26.0 Å². The zero-order valence-corrected chi connectivity index (χ0v) is 11.9. The molecular formula is C17H19N3O. The van der Waals surface area contributed by atoms with Crippen LogP contribution in [0.25, 0.3) is 10.9 Å². The number of hydrogen-bond donors (Lipinski definition) is 1. The summed E-state index contributed by atoms with van der Waals surface area (Å²) in [4.78, 5) is 7.36. The normalized spacial score (nSPS) is 22.7. The van der Waals surface area contributed by atoms with Crippen LogP contribution in [0.1, 0.15) is 24.5 Å². The first kappa shape index (κ1) is 12.7. The fourth-order valence-electron chi connectivity index (χ4n) is 3.23. The number of H-pyrrole nitrogens is 1. The average Bonchev–Trinajstić information content (AvgIpc) is 3.17. The van der Waals surface area contributed by atoms with Gasteiger partial charge in [0.1, 0.15) is 0 Å². The molecule has 0 saturated carbocycles. The second-order valence-electron chi connectivity index (χ2n) is 5.83. The highest BCUT2D eigenvalue weighted by Gasteiger charge is 2.24. The molecule has 4 nitrogen and oxygen atoms in total. The summed E-state index contributed by atoms with van der Waals surface area (Å²) < 4.78 is 8.17. The maximum absolute atomic E-state index is 6.00. The lowest BCUT2D eigenvalue weighted by molar-refractivity contribution is -0.0138. The van der Waals surface area contributed by atoms with Gasteiger partial charge < -0.3 is 14.3 Å². The Labute approximate surface area is 123 Å². The van der Waals surface area contributed by atoms with E-state index in [4.69, 9.17) is 4.74 Å². The molecule has 1 aliphatic rings. The van der Waals surface area contributed by atoms with Crippen molar-refractivity contribution in [1.29, 1.82) is 0 Å². The van der Waals surface area contributed by atoms with Gasteiger partial charge in [0.15, 0.2) is 0 Å². The number of fused-ring (bicyclic) bond motifs is 1. The minimum atomic E-state index is 0.214. The standard InChI is InChI=1S/C17H19N3O/c1-2-16-14(3-5-19-16)10-15(1)17-9-13(4-8-21-17)11-20-7-6-18-12-20/h1-3,5-7,10,12-13,17,19H,4,8-9,11H2. The Bertz CT molecular complexity index is 717. The zero-order valence-electron chi connectivity index (χ0n) is 11.9. The summed E-state index contributed by atoms with van der Waals surface area (Å²) in [6.07, 6.45) is 10.2. The fourth-order valence-corrected chi connectivity index (χ4v) is 3.23. The largest absolute Gasteiger partial charge is 0.374 e. The molecule has 1 aromatic carbocycles. The van der Waals surface area contributed by atoms with Crippen LogP contribution in [-0.4, -0.2) is 21.1 Å². The van der Waals surface area contributed by atoms with E-state index in [-0.39, 0.29) is 6.10 Å². The number of nitrogens with one attached hydrogen (secondary N) is 1. The van der Waals surface area contributed by atoms with Crippen molar-refractivity contribution in [2.75, 3.05) is 6.61 Å². The van der Waals surface area contributed by atoms with Crippen molar-refractivity contribution in [3.05, 3.63) is 54.7 Å². The molecule has 3 heterocycles. The molecule has 108 valence electrons. The number of imidazole rings is 1. The second-order valence-corrected chi connectivity index (χ2v) is 5.83. The van der Waals surface area contributed by atoms with Crippen LogP contribution in [-0.2, 0) is 11.3 Å². The minimum absolute atomic E-state index is 0.214. The summed E-state index contributed by atoms with van der Waals surface area (Å²) in [5.74, 6) is 0.653. The molecule has 2 aromatic heterocycles. The summed E-state index contributed by atoms with van der Waals surface area (Å²) in [5.41, 5.74) is 2.47. The molecule has 4 rings (SSSR count). The number of nitrogens with zero attached hydrogens (tertiary/aromatic N) is 2. The first-order chi connectivity index (χ1) is 10.4. The van der Waals surface area contributed by atoms with Crippen molar-refractivity contribution in [2.24, 2.45) is 5.92 Å². The van der Waals surface area contributed by atoms with E-state index in [2.05, 4.69) is 38.8 Å². The number of benzene rings is 1. The lowest BCUT2D eigenvalue weighted by atomic mass is 9.91. The molecule has 1 N–H and O–H groups in total. The van der Waals surface area contributed by atoms with Crippen LogP contribution in [0.5, 0.6) is 0 Å². The third kappa shape index (κ3) is 2.59. The SMILES string of the molecule is c1cn(CC2CCOC(c3ccc4[nH]ccc4c3)C2)cn1. The Morgan fingerprint density at radius 1 is 1.33 bits per heavy atom. The Balaban J connectivity index is 1.51. The van der Waals surface area contributed by atoms with Gasteiger partial charge in [-0.05, 0) is 47.9 Å². The Hall–Kier alpha value is -2.07. The number of rotatable bonds is 3. The predicted molar refractivity (Wildman–Crippen MR) is 81.9 cm³/mol. The fraction of sp³-hybridized carbons (Fsp3) is 0.353. The van der Waals surface area contributed by atoms with Crippen LogP contribution >= 0.6 is 0 Å². The third-order valence-electron chi connectivity index (χ3n) is 4.37. The van der Waals surface area contributed by atoms with E-state index in [0.29, 0.717) is 5.92 Å². The molecule has 2 unspecified atom stereocenters. The Morgan fingerprint density at radius 2 is 2.33 bits per heavy atom. The van der Waals surface area contributed by atoms with E-state index >= 15 is 0 Å². The van der Waals surface area contributed by atoms with Crippen LogP contribution in [0, 0.1) is 5.92 Å². The highest BCUT2D eigenvalue weighted by molar-refractivity contribution is 5.80. The van der Waals surface area contributed by atoms with Gasteiger partial charge >= 0.3 is 0 Å². The van der Waals surface area contributed by atoms with E-state index in [1.54, 1.807) is 0 Å². The van der Waals surface area contributed by atoms with Crippen molar-refractivity contribution in [3.8, 4) is 0 Å². The van der Waals surface area contributed by atoms with Crippen LogP contribution in [0.3, 0.4) is 0 Å². The van der Waals surface area contributed by atoms with Crippen LogP contribution in [0.4, 0.5) is 0 Å². The maximum Gasteiger partial charge on any atom is 0.0945 e. The molecule has 21 heavy (non-hydrogen) atoms. The lowest BCUT2D eigenvalue weighted by Crippen LogP contribution is -2.23. The van der Waals surface area contributed by atoms with Gasteiger partial charge in [0, 0.05) is 37.3 Å². The summed E-state index contributed by atoms with van der Waals surface area (Å²) in [6.45, 7) is 1.88. The van der Waals surface area contributed by atoms with Crippen molar-refractivity contribution in [1.82, 2.24) is 14.5 Å². The van der Waals surface area contributed by atoms with Gasteiger partial charge in [-0.1, -0.05) is 6.07 Å². The number of ether oxygens (including phenoxy) is 1. The molecule has 0 radical (unpaired) electrons. The van der Waals surface area contributed by atoms with Crippen LogP contribution in [0.15, 0.2) is 49.2 Å². The van der Waals surface area contributed by atoms with Gasteiger partial charge in [-0.15, -0.1) is 0 Å². The van der Waals surface area contributed by atoms with E-state index < -0.39 is 0 Å². The van der Waals surface area contributed by atoms with E-state index in [1.807, 2.05) is 24.9 Å². The van der Waals surface area contributed by atoms with Crippen molar-refractivity contribution >= 4 is 10.9 Å². The van der Waals surface area contributed by atoms with Gasteiger partial charge in [0.25, 0.3) is 0 Å². The Kier molecular flexibility index (Phi) is 3.24. The molecular weight excluding hydrogens is 262 g/mol. The quantitative estimate of drug-likeness (QED) is 0.798. The summed E-state index contributed by atoms with van der Waals surface area (Å²) >= 11 is 0. The smallest absolute Gasteiger partial charge is 0.0945 e. The lowest BCUT2D eigenvalue weighted by Gasteiger charge is -2.30. The summed E-state index contributed by atoms with van der Waals surface area (Å²) in [5, 5.41) is 1.26. The van der Waals surface area contributed by atoms with Gasteiger partial charge in [0.2, 0.25) is 0 Å². The monoisotopic (exact) mass is 281 g/mol. The molecule has 1 aliphatic heterocycles. The topological polar surface area (TPSA) is 42.8 Å². The highest BCUT2D eigenvalue weighted by Crippen LogP contribution is 2.33. The van der Waals surface area contributed by atoms with Crippen molar-refractivity contribution in [3.63, 3.8) is 0 Å². The number of hydrogen-bond acceptors (Lipinski definition) is 2. The van der Waals surface area contributed by atoms with Gasteiger partial charge in [-0.3, -0.25) is 0 Å². The third-order valence-corrected chi connectivity index (χ3v) is 4.37. The van der Waals surface area contributed by atoms with Crippen molar-refractivity contribution in [2.45, 2.75) is 25.5 Å². The molecule has 0 bridgehead atoms. The molecule has 4 heteroatoms. The molecule has 0 amide bonds. The van der Waals surface area contributed by atoms with Gasteiger partial charge in [-0.25, -0.2) is 4.98 Å². The Morgan fingerprint density at radius 3 is 3.24 bits per heavy atom. The van der Waals surface area contributed by atoms with Gasteiger partial charge in [0.05, 0.1) is 12.4 Å². The molecule has 0 spiro atoms. The number of aromatic amines is 1. The van der Waals surface area contributed by atoms with E-state index in [1.165, 1.54) is 16.5 Å². The zero-order chi connectivity index (χ0) is 14.1. The molecule has 1 saturated heterocycles. The second kappa shape index (κ2) is 5.37. The average molecular weight is 281 g/mol. The first-order valence-electron chi connectivity index (χ1n) is 7.53. The number of aromatic nitrogens is 3. The molecule has 1 fully saturated rings. The van der Waals surface area contributed by atoms with Crippen molar-refractivity contribution < 1.29 is 4.74 Å². The molecule has 2 atom stereocenters. The maximum atomic E-state index is 6.00. The minimum Gasteiger partial charge on any atom is -0.374 e. The highest BCUT2D eigenvalue weighted by atomic mass is 16.5. The summed E-state index contributed by atoms with van der Waals surface area (Å²) in [6, 6.07) is 8.69. The van der Waals surface area contributed by atoms with Crippen LogP contribution < -0.4 is 0 Å². The van der Waals surface area contributed by atoms with E-state index in [9.17, 15) is 0 Å². The molecule has 3 aromatic rings. The van der Waals surface area contributed by atoms with Gasteiger partial charge in [-0.2, -0.15) is 0 Å². The predicted octanol–water partition coefficient (Wildman–Crippen LogP) is 3.53. The summed E-state index contributed by atoms with van der Waals surface area (Å²) in [7, 11) is 0. The molecule has 0 aliphatic carbocycles.